The van der Waals surface area contributed by atoms with E-state index in [2.05, 4.69) is 4.90 Å². The Morgan fingerprint density at radius 1 is 1.26 bits per heavy atom. The van der Waals surface area contributed by atoms with Crippen molar-refractivity contribution < 1.29 is 28.2 Å². The SMILES string of the molecule is CCOC(=O)/C=C/c1cccc(F)c1C(C)OC[C@H](O)CN1CCC[C@H]1Cc1ccc(C)c(F)c1. The quantitative estimate of drug-likeness (QED) is 0.357. The highest BCUT2D eigenvalue weighted by Gasteiger charge is 2.27. The molecule has 0 aromatic heterocycles. The van der Waals surface area contributed by atoms with Gasteiger partial charge in [0.2, 0.25) is 0 Å². The van der Waals surface area contributed by atoms with Gasteiger partial charge in [-0.25, -0.2) is 13.6 Å². The minimum atomic E-state index is -0.752. The summed E-state index contributed by atoms with van der Waals surface area (Å²) < 4.78 is 39.3. The summed E-state index contributed by atoms with van der Waals surface area (Å²) in [6, 6.07) is 10.2. The summed E-state index contributed by atoms with van der Waals surface area (Å²) in [6.45, 7) is 6.78. The number of carbonyl (C=O) groups excluding carboxylic acids is 1. The molecule has 0 aliphatic carbocycles. The van der Waals surface area contributed by atoms with E-state index < -0.39 is 24.0 Å². The van der Waals surface area contributed by atoms with E-state index in [0.29, 0.717) is 23.2 Å². The van der Waals surface area contributed by atoms with Crippen LogP contribution >= 0.6 is 0 Å². The molecule has 35 heavy (non-hydrogen) atoms. The number of aliphatic hydroxyl groups excluding tert-OH is 1. The van der Waals surface area contributed by atoms with Crippen molar-refractivity contribution in [2.45, 2.75) is 58.3 Å². The van der Waals surface area contributed by atoms with Gasteiger partial charge < -0.3 is 14.6 Å². The Balaban J connectivity index is 1.57. The Morgan fingerprint density at radius 3 is 2.80 bits per heavy atom. The lowest BCUT2D eigenvalue weighted by Crippen LogP contribution is -2.39. The molecule has 2 aromatic carbocycles. The van der Waals surface area contributed by atoms with Crippen molar-refractivity contribution in [2.24, 2.45) is 0 Å². The number of ether oxygens (including phenoxy) is 2. The predicted molar refractivity (Wildman–Crippen MR) is 132 cm³/mol. The zero-order chi connectivity index (χ0) is 25.4. The molecule has 0 bridgehead atoms. The Morgan fingerprint density at radius 2 is 2.06 bits per heavy atom. The van der Waals surface area contributed by atoms with Crippen LogP contribution in [0.4, 0.5) is 8.78 Å². The molecule has 1 aliphatic heterocycles. The number of β-amino-alcohol motifs (C(OH)–C–C–N with tert-alkyl or cyclic N) is 1. The molecule has 1 N–H and O–H groups in total. The van der Waals surface area contributed by atoms with Gasteiger partial charge in [0.25, 0.3) is 0 Å². The van der Waals surface area contributed by atoms with Crippen LogP contribution in [0.5, 0.6) is 0 Å². The number of aryl methyl sites for hydroxylation is 1. The average Bonchev–Trinajstić information content (AvgIpc) is 3.25. The van der Waals surface area contributed by atoms with E-state index in [-0.39, 0.29) is 25.1 Å². The van der Waals surface area contributed by atoms with E-state index in [1.165, 1.54) is 18.2 Å². The van der Waals surface area contributed by atoms with Crippen LogP contribution in [-0.4, -0.2) is 54.4 Å². The molecule has 7 heteroatoms. The Labute approximate surface area is 206 Å². The first kappa shape index (κ1) is 27.0. The van der Waals surface area contributed by atoms with E-state index >= 15 is 0 Å². The van der Waals surface area contributed by atoms with Crippen molar-refractivity contribution in [3.8, 4) is 0 Å². The largest absolute Gasteiger partial charge is 0.463 e. The molecule has 1 fully saturated rings. The first-order valence-electron chi connectivity index (χ1n) is 12.2. The van der Waals surface area contributed by atoms with Crippen LogP contribution < -0.4 is 0 Å². The number of aliphatic hydroxyl groups is 1. The Bertz CT molecular complexity index is 1030. The van der Waals surface area contributed by atoms with Gasteiger partial charge >= 0.3 is 5.97 Å². The number of halogens is 2. The zero-order valence-electron chi connectivity index (χ0n) is 20.7. The van der Waals surface area contributed by atoms with Gasteiger partial charge in [0.05, 0.1) is 25.4 Å². The fourth-order valence-corrected chi connectivity index (χ4v) is 4.54. The van der Waals surface area contributed by atoms with Crippen molar-refractivity contribution in [1.82, 2.24) is 4.90 Å². The molecule has 190 valence electrons. The van der Waals surface area contributed by atoms with Gasteiger partial charge in [-0.05, 0) is 81.5 Å². The third kappa shape index (κ3) is 7.69. The fraction of sp³-hybridized carbons (Fsp3) is 0.464. The minimum absolute atomic E-state index is 0.0406. The third-order valence-electron chi connectivity index (χ3n) is 6.37. The van der Waals surface area contributed by atoms with Crippen LogP contribution in [0.3, 0.4) is 0 Å². The van der Waals surface area contributed by atoms with Crippen molar-refractivity contribution in [1.29, 1.82) is 0 Å². The zero-order valence-corrected chi connectivity index (χ0v) is 20.7. The molecule has 2 aromatic rings. The second-order valence-corrected chi connectivity index (χ2v) is 9.04. The van der Waals surface area contributed by atoms with Crippen molar-refractivity contribution in [3.05, 3.63) is 76.4 Å². The molecule has 5 nitrogen and oxygen atoms in total. The number of hydrogen-bond acceptors (Lipinski definition) is 5. The van der Waals surface area contributed by atoms with Crippen LogP contribution in [0.2, 0.25) is 0 Å². The molecular formula is C28H35F2NO4. The standard InChI is InChI=1S/C28H35F2NO4/c1-4-34-27(33)13-12-22-7-5-9-25(29)28(22)20(3)35-18-24(32)17-31-14-6-8-23(31)15-21-11-10-19(2)26(30)16-21/h5,7,9-13,16,20,23-24,32H,4,6,8,14-15,17-18H2,1-3H3/b13-12+/t20?,23-,24+/m0/s1. The summed E-state index contributed by atoms with van der Waals surface area (Å²) in [7, 11) is 0. The number of rotatable bonds is 11. The van der Waals surface area contributed by atoms with E-state index in [1.54, 1.807) is 45.0 Å². The number of nitrogens with zero attached hydrogens (tertiary/aromatic N) is 1. The minimum Gasteiger partial charge on any atom is -0.463 e. The van der Waals surface area contributed by atoms with Crippen molar-refractivity contribution >= 4 is 12.0 Å². The third-order valence-corrected chi connectivity index (χ3v) is 6.37. The van der Waals surface area contributed by atoms with Crippen LogP contribution in [-0.2, 0) is 20.7 Å². The van der Waals surface area contributed by atoms with Gasteiger partial charge in [-0.1, -0.05) is 24.3 Å². The number of benzene rings is 2. The first-order valence-corrected chi connectivity index (χ1v) is 12.2. The smallest absolute Gasteiger partial charge is 0.330 e. The molecule has 0 spiro atoms. The lowest BCUT2D eigenvalue weighted by atomic mass is 10.0. The van der Waals surface area contributed by atoms with E-state index in [9.17, 15) is 18.7 Å². The topological polar surface area (TPSA) is 59.0 Å². The molecule has 1 aliphatic rings. The number of esters is 1. The molecule has 3 atom stereocenters. The molecule has 0 saturated carbocycles. The monoisotopic (exact) mass is 487 g/mol. The molecule has 1 heterocycles. The van der Waals surface area contributed by atoms with Gasteiger partial charge in [-0.3, -0.25) is 4.90 Å². The summed E-state index contributed by atoms with van der Waals surface area (Å²) in [6.07, 6.45) is 4.13. The fourth-order valence-electron chi connectivity index (χ4n) is 4.54. The maximum absolute atomic E-state index is 14.6. The lowest BCUT2D eigenvalue weighted by Gasteiger charge is -2.27. The van der Waals surface area contributed by atoms with Gasteiger partial charge in [-0.15, -0.1) is 0 Å². The van der Waals surface area contributed by atoms with Crippen LogP contribution in [0, 0.1) is 18.6 Å². The summed E-state index contributed by atoms with van der Waals surface area (Å²) in [5.41, 5.74) is 2.42. The summed E-state index contributed by atoms with van der Waals surface area (Å²) in [4.78, 5) is 13.9. The molecule has 1 unspecified atom stereocenters. The maximum atomic E-state index is 14.6. The Kier molecular flexibility index (Phi) is 9.95. The van der Waals surface area contributed by atoms with Gasteiger partial charge in [0.15, 0.2) is 0 Å². The molecule has 1 saturated heterocycles. The van der Waals surface area contributed by atoms with Gasteiger partial charge in [0, 0.05) is 24.2 Å². The number of hydrogen-bond donors (Lipinski definition) is 1. The Hall–Kier alpha value is -2.61. The number of carbonyl (C=O) groups is 1. The predicted octanol–water partition coefficient (Wildman–Crippen LogP) is 5.00. The maximum Gasteiger partial charge on any atom is 0.330 e. The van der Waals surface area contributed by atoms with Gasteiger partial charge in [0.1, 0.15) is 11.6 Å². The van der Waals surface area contributed by atoms with Crippen molar-refractivity contribution in [2.75, 3.05) is 26.3 Å². The molecular weight excluding hydrogens is 452 g/mol. The van der Waals surface area contributed by atoms with Crippen molar-refractivity contribution in [3.63, 3.8) is 0 Å². The highest BCUT2D eigenvalue weighted by molar-refractivity contribution is 5.87. The van der Waals surface area contributed by atoms with Crippen LogP contribution in [0.1, 0.15) is 55.0 Å². The van der Waals surface area contributed by atoms with E-state index in [0.717, 1.165) is 31.4 Å². The average molecular weight is 488 g/mol. The van der Waals surface area contributed by atoms with E-state index in [1.807, 2.05) is 6.07 Å². The normalized spacial score (nSPS) is 18.2. The summed E-state index contributed by atoms with van der Waals surface area (Å²) >= 11 is 0. The van der Waals surface area contributed by atoms with Crippen LogP contribution in [0.25, 0.3) is 6.08 Å². The second kappa shape index (κ2) is 12.9. The first-order chi connectivity index (χ1) is 16.8. The van der Waals surface area contributed by atoms with Crippen LogP contribution in [0.15, 0.2) is 42.5 Å². The molecule has 0 radical (unpaired) electrons. The summed E-state index contributed by atoms with van der Waals surface area (Å²) in [5, 5.41) is 10.6. The lowest BCUT2D eigenvalue weighted by molar-refractivity contribution is -0.137. The molecule has 0 amide bonds. The number of likely N-dealkylation sites (tertiary alicyclic amines) is 1. The highest BCUT2D eigenvalue weighted by Crippen LogP contribution is 2.27. The van der Waals surface area contributed by atoms with Gasteiger partial charge in [-0.2, -0.15) is 0 Å². The summed E-state index contributed by atoms with van der Waals surface area (Å²) in [5.74, 6) is -1.14. The molecule has 3 rings (SSSR count). The second-order valence-electron chi connectivity index (χ2n) is 9.04. The highest BCUT2D eigenvalue weighted by atomic mass is 19.1. The van der Waals surface area contributed by atoms with E-state index in [4.69, 9.17) is 9.47 Å².